The molecule has 3 aromatic rings. The van der Waals surface area contributed by atoms with Gasteiger partial charge in [-0.3, -0.25) is 4.79 Å². The van der Waals surface area contributed by atoms with Gasteiger partial charge in [0.05, 0.1) is 17.6 Å². The van der Waals surface area contributed by atoms with E-state index in [2.05, 4.69) is 10.4 Å². The average Bonchev–Trinajstić information content (AvgIpc) is 3.01. The Hall–Kier alpha value is -3.75. The minimum atomic E-state index is -0.962. The Labute approximate surface area is 146 Å². The molecule has 0 unspecified atom stereocenters. The zero-order chi connectivity index (χ0) is 18.8. The number of hydrogen-bond acceptors (Lipinski definition) is 3. The molecule has 5 N–H and O–H groups in total. The van der Waals surface area contributed by atoms with E-state index in [0.717, 1.165) is 12.1 Å². The fraction of sp³-hybridized carbons (Fsp3) is 0. The molecule has 1 heterocycles. The van der Waals surface area contributed by atoms with Crippen LogP contribution in [0.1, 0.15) is 10.5 Å². The standard InChI is InChI=1S/C17H13F2N5O2/c18-12-5-4-10(7-13(12)19)9-2-1-3-11(6-9)24-8-14(22-17(21)26)15(23-24)16(20)25/h1-8H,(H2,20,25)(H3,21,22,26). The number of primary amides is 2. The first kappa shape index (κ1) is 17.1. The lowest BCUT2D eigenvalue weighted by Crippen LogP contribution is -2.22. The van der Waals surface area contributed by atoms with Crippen molar-refractivity contribution < 1.29 is 18.4 Å². The Balaban J connectivity index is 2.04. The van der Waals surface area contributed by atoms with Crippen molar-refractivity contribution in [3.8, 4) is 16.8 Å². The number of hydrogen-bond donors (Lipinski definition) is 3. The first-order valence-corrected chi connectivity index (χ1v) is 7.37. The maximum absolute atomic E-state index is 13.5. The second-order valence-electron chi connectivity index (χ2n) is 5.37. The molecule has 0 aliphatic rings. The molecule has 0 radical (unpaired) electrons. The van der Waals surface area contributed by atoms with Crippen LogP contribution in [0, 0.1) is 11.6 Å². The summed E-state index contributed by atoms with van der Waals surface area (Å²) in [5.74, 6) is -2.74. The Morgan fingerprint density at radius 1 is 1.00 bits per heavy atom. The molecular formula is C17H13F2N5O2. The zero-order valence-electron chi connectivity index (χ0n) is 13.2. The highest BCUT2D eigenvalue weighted by Crippen LogP contribution is 2.25. The number of aromatic nitrogens is 2. The van der Waals surface area contributed by atoms with E-state index in [9.17, 15) is 18.4 Å². The molecule has 0 bridgehead atoms. The van der Waals surface area contributed by atoms with Crippen molar-refractivity contribution in [3.63, 3.8) is 0 Å². The first-order valence-electron chi connectivity index (χ1n) is 7.37. The van der Waals surface area contributed by atoms with Gasteiger partial charge in [0, 0.05) is 0 Å². The number of nitrogens with two attached hydrogens (primary N) is 2. The summed E-state index contributed by atoms with van der Waals surface area (Å²) >= 11 is 0. The van der Waals surface area contributed by atoms with Crippen LogP contribution in [-0.2, 0) is 0 Å². The summed E-state index contributed by atoms with van der Waals surface area (Å²) in [5, 5.41) is 6.31. The van der Waals surface area contributed by atoms with E-state index in [-0.39, 0.29) is 11.4 Å². The van der Waals surface area contributed by atoms with Crippen LogP contribution >= 0.6 is 0 Å². The summed E-state index contributed by atoms with van der Waals surface area (Å²) in [4.78, 5) is 22.5. The fourth-order valence-corrected chi connectivity index (χ4v) is 2.42. The second-order valence-corrected chi connectivity index (χ2v) is 5.37. The van der Waals surface area contributed by atoms with Gasteiger partial charge in [-0.1, -0.05) is 18.2 Å². The topological polar surface area (TPSA) is 116 Å². The SMILES string of the molecule is NC(=O)Nc1cn(-c2cccc(-c3ccc(F)c(F)c3)c2)nc1C(N)=O. The largest absolute Gasteiger partial charge is 0.364 e. The highest BCUT2D eigenvalue weighted by Gasteiger charge is 2.16. The van der Waals surface area contributed by atoms with Gasteiger partial charge in [0.25, 0.3) is 5.91 Å². The van der Waals surface area contributed by atoms with Crippen molar-refractivity contribution in [2.75, 3.05) is 5.32 Å². The maximum Gasteiger partial charge on any atom is 0.316 e. The molecule has 0 saturated heterocycles. The molecule has 3 rings (SSSR count). The minimum Gasteiger partial charge on any atom is -0.364 e. The van der Waals surface area contributed by atoms with E-state index in [1.165, 1.54) is 16.9 Å². The number of urea groups is 1. The van der Waals surface area contributed by atoms with Crippen LogP contribution in [0.25, 0.3) is 16.8 Å². The lowest BCUT2D eigenvalue weighted by Gasteiger charge is -2.06. The van der Waals surface area contributed by atoms with Gasteiger partial charge in [-0.25, -0.2) is 18.3 Å². The number of benzene rings is 2. The monoisotopic (exact) mass is 357 g/mol. The zero-order valence-corrected chi connectivity index (χ0v) is 13.2. The molecular weight excluding hydrogens is 344 g/mol. The van der Waals surface area contributed by atoms with Crippen LogP contribution in [-0.4, -0.2) is 21.7 Å². The van der Waals surface area contributed by atoms with Crippen LogP contribution in [0.4, 0.5) is 19.3 Å². The van der Waals surface area contributed by atoms with E-state index in [0.29, 0.717) is 16.8 Å². The molecule has 0 atom stereocenters. The first-order chi connectivity index (χ1) is 12.3. The van der Waals surface area contributed by atoms with E-state index in [1.54, 1.807) is 24.3 Å². The molecule has 2 aromatic carbocycles. The normalized spacial score (nSPS) is 10.5. The van der Waals surface area contributed by atoms with Crippen LogP contribution in [0.2, 0.25) is 0 Å². The maximum atomic E-state index is 13.5. The Morgan fingerprint density at radius 2 is 1.73 bits per heavy atom. The van der Waals surface area contributed by atoms with Gasteiger partial charge >= 0.3 is 6.03 Å². The summed E-state index contributed by atoms with van der Waals surface area (Å²) < 4.78 is 27.9. The summed E-state index contributed by atoms with van der Waals surface area (Å²) in [6.45, 7) is 0. The molecule has 0 spiro atoms. The molecule has 9 heteroatoms. The number of rotatable bonds is 4. The third-order valence-corrected chi connectivity index (χ3v) is 3.57. The van der Waals surface area contributed by atoms with E-state index < -0.39 is 23.6 Å². The van der Waals surface area contributed by atoms with Crippen LogP contribution in [0.5, 0.6) is 0 Å². The van der Waals surface area contributed by atoms with Gasteiger partial charge in [0.1, 0.15) is 0 Å². The molecule has 0 fully saturated rings. The molecule has 0 saturated carbocycles. The number of amides is 3. The number of halogens is 2. The van der Waals surface area contributed by atoms with Gasteiger partial charge in [-0.2, -0.15) is 5.10 Å². The van der Waals surface area contributed by atoms with Crippen molar-refractivity contribution in [3.05, 3.63) is 66.0 Å². The smallest absolute Gasteiger partial charge is 0.316 e. The quantitative estimate of drug-likeness (QED) is 0.666. The fourth-order valence-electron chi connectivity index (χ4n) is 2.42. The third-order valence-electron chi connectivity index (χ3n) is 3.57. The summed E-state index contributed by atoms with van der Waals surface area (Å²) in [6.07, 6.45) is 1.37. The molecule has 0 aliphatic heterocycles. The number of carbonyl (C=O) groups excluding carboxylic acids is 2. The molecule has 132 valence electrons. The number of nitrogens with zero attached hydrogens (tertiary/aromatic N) is 2. The van der Waals surface area contributed by atoms with E-state index in [1.807, 2.05) is 0 Å². The summed E-state index contributed by atoms with van der Waals surface area (Å²) in [7, 11) is 0. The Bertz CT molecular complexity index is 1020. The van der Waals surface area contributed by atoms with Crippen molar-refractivity contribution in [1.82, 2.24) is 9.78 Å². The predicted molar refractivity (Wildman–Crippen MR) is 90.6 cm³/mol. The van der Waals surface area contributed by atoms with Crippen molar-refractivity contribution in [2.24, 2.45) is 11.5 Å². The molecule has 26 heavy (non-hydrogen) atoms. The Morgan fingerprint density at radius 3 is 2.38 bits per heavy atom. The van der Waals surface area contributed by atoms with Crippen molar-refractivity contribution >= 4 is 17.6 Å². The molecule has 0 aliphatic carbocycles. The summed E-state index contributed by atoms with van der Waals surface area (Å²) in [6, 6.07) is 9.39. The second kappa shape index (κ2) is 6.63. The highest BCUT2D eigenvalue weighted by molar-refractivity contribution is 6.00. The Kier molecular flexibility index (Phi) is 4.36. The van der Waals surface area contributed by atoms with Crippen LogP contribution < -0.4 is 16.8 Å². The summed E-state index contributed by atoms with van der Waals surface area (Å²) in [5.41, 5.74) is 11.8. The van der Waals surface area contributed by atoms with Gasteiger partial charge in [-0.15, -0.1) is 0 Å². The third kappa shape index (κ3) is 3.36. The van der Waals surface area contributed by atoms with Gasteiger partial charge in [-0.05, 0) is 35.4 Å². The predicted octanol–water partition coefficient (Wildman–Crippen LogP) is 2.41. The lowest BCUT2D eigenvalue weighted by atomic mass is 10.0. The van der Waals surface area contributed by atoms with Crippen LogP contribution in [0.15, 0.2) is 48.7 Å². The lowest BCUT2D eigenvalue weighted by molar-refractivity contribution is 0.0996. The number of anilines is 1. The number of carbonyl (C=O) groups is 2. The molecule has 3 amide bonds. The van der Waals surface area contributed by atoms with E-state index >= 15 is 0 Å². The van der Waals surface area contributed by atoms with Gasteiger partial charge < -0.3 is 16.8 Å². The highest BCUT2D eigenvalue weighted by atomic mass is 19.2. The van der Waals surface area contributed by atoms with Crippen LogP contribution in [0.3, 0.4) is 0 Å². The number of nitrogens with one attached hydrogen (secondary N) is 1. The van der Waals surface area contributed by atoms with Gasteiger partial charge in [0.2, 0.25) is 0 Å². The van der Waals surface area contributed by atoms with E-state index in [4.69, 9.17) is 11.5 Å². The minimum absolute atomic E-state index is 0.0585. The average molecular weight is 357 g/mol. The van der Waals surface area contributed by atoms with Gasteiger partial charge in [0.15, 0.2) is 17.3 Å². The molecule has 1 aromatic heterocycles. The van der Waals surface area contributed by atoms with Crippen molar-refractivity contribution in [2.45, 2.75) is 0 Å². The van der Waals surface area contributed by atoms with Crippen molar-refractivity contribution in [1.29, 1.82) is 0 Å². The molecule has 7 nitrogen and oxygen atoms in total.